The van der Waals surface area contributed by atoms with Gasteiger partial charge in [-0.2, -0.15) is 0 Å². The van der Waals surface area contributed by atoms with Gasteiger partial charge in [-0.1, -0.05) is 164 Å². The van der Waals surface area contributed by atoms with Gasteiger partial charge in [0.25, 0.3) is 0 Å². The Balaban J connectivity index is 1.73. The van der Waals surface area contributed by atoms with E-state index in [1.807, 2.05) is 133 Å². The van der Waals surface area contributed by atoms with Crippen molar-refractivity contribution in [2.45, 2.75) is 24.7 Å². The lowest BCUT2D eigenvalue weighted by Gasteiger charge is -2.35. The first-order valence-electron chi connectivity index (χ1n) is 15.1. The molecule has 2 unspecified atom stereocenters. The fourth-order valence-electron chi connectivity index (χ4n) is 6.07. The smallest absolute Gasteiger partial charge is 0.211 e. The summed E-state index contributed by atoms with van der Waals surface area (Å²) in [4.78, 5) is 25.2. The Bertz CT molecular complexity index is 1710. The third-order valence-electron chi connectivity index (χ3n) is 8.31. The van der Waals surface area contributed by atoms with Crippen LogP contribution in [0.25, 0.3) is 5.57 Å². The number of allylic oxidation sites excluding steroid dienone is 1. The summed E-state index contributed by atoms with van der Waals surface area (Å²) in [6.07, 6.45) is 2.22. The molecule has 0 heterocycles. The second kappa shape index (κ2) is 14.8. The van der Waals surface area contributed by atoms with Gasteiger partial charge in [-0.15, -0.1) is 0 Å². The van der Waals surface area contributed by atoms with E-state index in [1.54, 1.807) is 0 Å². The van der Waals surface area contributed by atoms with Crippen LogP contribution in [-0.2, 0) is 10.2 Å². The largest absolute Gasteiger partial charge is 0.300 e. The zero-order valence-corrected chi connectivity index (χ0v) is 25.3. The van der Waals surface area contributed by atoms with Crippen LogP contribution >= 0.6 is 0 Å². The molecule has 0 saturated heterocycles. The van der Waals surface area contributed by atoms with Crippen LogP contribution < -0.4 is 0 Å². The Morgan fingerprint density at radius 2 is 1.13 bits per heavy atom. The Kier molecular flexibility index (Phi) is 10.1. The van der Waals surface area contributed by atoms with Crippen LogP contribution in [-0.4, -0.2) is 17.3 Å². The minimum atomic E-state index is -0.933. The van der Waals surface area contributed by atoms with Crippen molar-refractivity contribution in [1.29, 1.82) is 0 Å². The fourth-order valence-corrected chi connectivity index (χ4v) is 6.07. The molecular formula is C41H35NO3. The zero-order chi connectivity index (χ0) is 31.5. The molecule has 0 amide bonds. The summed E-state index contributed by atoms with van der Waals surface area (Å²) in [5, 5.41) is 12.0. The molecule has 0 saturated carbocycles. The second-order valence-electron chi connectivity index (χ2n) is 11.2. The van der Waals surface area contributed by atoms with Crippen molar-refractivity contribution in [3.05, 3.63) is 196 Å². The van der Waals surface area contributed by atoms with Gasteiger partial charge in [0.2, 0.25) is 6.54 Å². The highest BCUT2D eigenvalue weighted by atomic mass is 16.6. The number of hydrogen-bond acceptors (Lipinski definition) is 3. The van der Waals surface area contributed by atoms with E-state index < -0.39 is 17.3 Å². The summed E-state index contributed by atoms with van der Waals surface area (Å²) in [6, 6.07) is 49.5. The van der Waals surface area contributed by atoms with Gasteiger partial charge in [-0.3, -0.25) is 14.9 Å². The van der Waals surface area contributed by atoms with Crippen LogP contribution in [0.1, 0.15) is 47.1 Å². The van der Waals surface area contributed by atoms with Crippen LogP contribution in [0.2, 0.25) is 0 Å². The molecule has 2 atom stereocenters. The van der Waals surface area contributed by atoms with Crippen molar-refractivity contribution in [3.63, 3.8) is 0 Å². The summed E-state index contributed by atoms with van der Waals surface area (Å²) < 4.78 is 0. The molecule has 0 radical (unpaired) electrons. The highest BCUT2D eigenvalue weighted by Gasteiger charge is 2.41. The number of carbonyl (C=O) groups excluding carboxylic acids is 1. The molecule has 5 aromatic rings. The average Bonchev–Trinajstić information content (AvgIpc) is 3.09. The molecule has 4 heteroatoms. The van der Waals surface area contributed by atoms with Crippen LogP contribution in [0.15, 0.2) is 158 Å². The quantitative estimate of drug-likeness (QED) is 0.0879. The molecule has 0 aliphatic carbocycles. The number of nitro groups is 1. The predicted molar refractivity (Wildman–Crippen MR) is 181 cm³/mol. The van der Waals surface area contributed by atoms with Gasteiger partial charge >= 0.3 is 0 Å². The molecule has 222 valence electrons. The number of ketones is 1. The molecule has 0 aliphatic rings. The topological polar surface area (TPSA) is 60.2 Å². The molecule has 5 rings (SSSR count). The molecule has 4 nitrogen and oxygen atoms in total. The van der Waals surface area contributed by atoms with Gasteiger partial charge in [0.05, 0.1) is 11.3 Å². The van der Waals surface area contributed by atoms with Crippen molar-refractivity contribution in [3.8, 4) is 11.8 Å². The molecule has 0 aromatic heterocycles. The Hall–Kier alpha value is -5.53. The Labute approximate surface area is 265 Å². The lowest BCUT2D eigenvalue weighted by molar-refractivity contribution is -0.484. The molecule has 0 aliphatic heterocycles. The van der Waals surface area contributed by atoms with Gasteiger partial charge in [-0.25, -0.2) is 0 Å². The first-order chi connectivity index (χ1) is 22.0. The molecular weight excluding hydrogens is 554 g/mol. The molecule has 45 heavy (non-hydrogen) atoms. The standard InChI is InChI=1S/C41H35NO3/c1-32(43)39(40(31-42(44)45)35-22-11-4-12-23-35)30-41(36-24-13-5-14-25-36,37-26-15-6-16-27-37)29-17-28-38(33-18-7-2-8-19-33)34-20-9-3-10-21-34/h2-16,18-28,39-40H,30-31H2,1H3. The first kappa shape index (κ1) is 30.9. The fraction of sp³-hybridized carbons (Fsp3) is 0.146. The maximum absolute atomic E-state index is 13.5. The average molecular weight is 590 g/mol. The number of Topliss-reactive ketones (excluding diaryl/α,β-unsaturated/α-hetero) is 1. The highest BCUT2D eigenvalue weighted by Crippen LogP contribution is 2.42. The van der Waals surface area contributed by atoms with Crippen molar-refractivity contribution >= 4 is 11.4 Å². The van der Waals surface area contributed by atoms with Crippen molar-refractivity contribution in [2.24, 2.45) is 5.92 Å². The minimum absolute atomic E-state index is 0.103. The summed E-state index contributed by atoms with van der Waals surface area (Å²) in [7, 11) is 0. The highest BCUT2D eigenvalue weighted by molar-refractivity contribution is 5.82. The predicted octanol–water partition coefficient (Wildman–Crippen LogP) is 8.76. The molecule has 0 fully saturated rings. The minimum Gasteiger partial charge on any atom is -0.300 e. The maximum atomic E-state index is 13.5. The van der Waals surface area contributed by atoms with E-state index in [1.165, 1.54) is 6.92 Å². The molecule has 5 aromatic carbocycles. The van der Waals surface area contributed by atoms with Crippen molar-refractivity contribution < 1.29 is 9.72 Å². The number of hydrogen-bond donors (Lipinski definition) is 0. The third-order valence-corrected chi connectivity index (χ3v) is 8.31. The van der Waals surface area contributed by atoms with Gasteiger partial charge in [0, 0.05) is 10.8 Å². The molecule has 0 spiro atoms. The van der Waals surface area contributed by atoms with E-state index >= 15 is 0 Å². The SMILES string of the molecule is CC(=O)C(CC(C#CC=C(c1ccccc1)c1ccccc1)(c1ccccc1)c1ccccc1)C(C[N+](=O)[O-])c1ccccc1. The van der Waals surface area contributed by atoms with Gasteiger partial charge in [0.15, 0.2) is 0 Å². The summed E-state index contributed by atoms with van der Waals surface area (Å²) in [6.45, 7) is 1.19. The first-order valence-corrected chi connectivity index (χ1v) is 15.1. The molecule has 0 bridgehead atoms. The van der Waals surface area contributed by atoms with Crippen LogP contribution in [0.4, 0.5) is 0 Å². The van der Waals surface area contributed by atoms with Crippen LogP contribution in [0.3, 0.4) is 0 Å². The third kappa shape index (κ3) is 7.52. The number of benzene rings is 5. The molecule has 0 N–H and O–H groups in total. The lowest BCUT2D eigenvalue weighted by atomic mass is 9.65. The van der Waals surface area contributed by atoms with E-state index in [0.29, 0.717) is 0 Å². The maximum Gasteiger partial charge on any atom is 0.211 e. The Morgan fingerprint density at radius 3 is 1.56 bits per heavy atom. The summed E-state index contributed by atoms with van der Waals surface area (Å²) in [5.74, 6) is 5.67. The normalized spacial score (nSPS) is 12.2. The van der Waals surface area contributed by atoms with E-state index in [2.05, 4.69) is 36.1 Å². The summed E-state index contributed by atoms with van der Waals surface area (Å²) in [5.41, 5.74) is 4.76. The van der Waals surface area contributed by atoms with Crippen LogP contribution in [0, 0.1) is 27.9 Å². The van der Waals surface area contributed by atoms with Gasteiger partial charge in [-0.05, 0) is 52.8 Å². The summed E-state index contributed by atoms with van der Waals surface area (Å²) >= 11 is 0. The van der Waals surface area contributed by atoms with E-state index in [-0.39, 0.29) is 23.7 Å². The van der Waals surface area contributed by atoms with Gasteiger partial charge in [0.1, 0.15) is 5.78 Å². The second-order valence-corrected chi connectivity index (χ2v) is 11.2. The van der Waals surface area contributed by atoms with Crippen LogP contribution in [0.5, 0.6) is 0 Å². The van der Waals surface area contributed by atoms with Crippen molar-refractivity contribution in [2.75, 3.05) is 6.54 Å². The van der Waals surface area contributed by atoms with E-state index in [0.717, 1.165) is 33.4 Å². The van der Waals surface area contributed by atoms with E-state index in [9.17, 15) is 14.9 Å². The zero-order valence-electron chi connectivity index (χ0n) is 25.3. The van der Waals surface area contributed by atoms with Crippen molar-refractivity contribution in [1.82, 2.24) is 0 Å². The number of carbonyl (C=O) groups is 1. The Morgan fingerprint density at radius 1 is 0.711 bits per heavy atom. The number of rotatable bonds is 11. The number of nitrogens with zero attached hydrogens (tertiary/aromatic N) is 1. The monoisotopic (exact) mass is 589 g/mol. The van der Waals surface area contributed by atoms with E-state index in [4.69, 9.17) is 0 Å². The lowest BCUT2D eigenvalue weighted by Crippen LogP contribution is -2.36. The van der Waals surface area contributed by atoms with Gasteiger partial charge < -0.3 is 0 Å².